The molecule has 3 N–H and O–H groups in total. The molecule has 0 aliphatic rings. The van der Waals surface area contributed by atoms with Crippen molar-refractivity contribution >= 4 is 11.9 Å². The van der Waals surface area contributed by atoms with E-state index in [0.29, 0.717) is 22.8 Å². The van der Waals surface area contributed by atoms with E-state index in [0.717, 1.165) is 12.1 Å². The number of hydrogen-bond acceptors (Lipinski definition) is 5. The smallest absolute Gasteiger partial charge is 0.416 e. The van der Waals surface area contributed by atoms with Crippen LogP contribution in [0, 0.1) is 6.92 Å². The summed E-state index contributed by atoms with van der Waals surface area (Å²) in [4.78, 5) is 20.2. The second-order valence-corrected chi connectivity index (χ2v) is 5.79. The molecule has 2 aromatic heterocycles. The molecule has 1 amide bonds. The van der Waals surface area contributed by atoms with Gasteiger partial charge < -0.3 is 15.5 Å². The van der Waals surface area contributed by atoms with E-state index in [2.05, 4.69) is 15.3 Å². The Morgan fingerprint density at radius 2 is 1.96 bits per heavy atom. The largest absolute Gasteiger partial charge is 0.460 e. The van der Waals surface area contributed by atoms with Crippen molar-refractivity contribution in [2.75, 3.05) is 5.73 Å². The number of furan rings is 1. The topological polar surface area (TPSA) is 94.0 Å². The van der Waals surface area contributed by atoms with Crippen LogP contribution in [0.3, 0.4) is 0 Å². The standard InChI is InChI=1S/C18H15F3N4O2/c1-10-5-6-15(27-10)13-8-14(25-17(22)24-13)16(26)23-9-11-3-2-4-12(7-11)18(19,20)21/h2-8H,9H2,1H3,(H,23,26)(H2,22,24,25). The van der Waals surface area contributed by atoms with E-state index in [-0.39, 0.29) is 18.2 Å². The van der Waals surface area contributed by atoms with Crippen LogP contribution >= 0.6 is 0 Å². The number of hydrogen-bond donors (Lipinski definition) is 2. The van der Waals surface area contributed by atoms with E-state index >= 15 is 0 Å². The van der Waals surface area contributed by atoms with Gasteiger partial charge in [-0.05, 0) is 42.8 Å². The molecule has 1 aromatic carbocycles. The molecule has 0 saturated heterocycles. The average Bonchev–Trinajstić information content (AvgIpc) is 3.05. The summed E-state index contributed by atoms with van der Waals surface area (Å²) < 4.78 is 43.7. The minimum Gasteiger partial charge on any atom is -0.460 e. The van der Waals surface area contributed by atoms with Gasteiger partial charge in [-0.15, -0.1) is 0 Å². The van der Waals surface area contributed by atoms with Gasteiger partial charge in [0.25, 0.3) is 5.91 Å². The number of alkyl halides is 3. The molecule has 3 rings (SSSR count). The normalized spacial score (nSPS) is 11.4. The van der Waals surface area contributed by atoms with Crippen LogP contribution in [0.2, 0.25) is 0 Å². The SMILES string of the molecule is Cc1ccc(-c2cc(C(=O)NCc3cccc(C(F)(F)F)c3)nc(N)n2)o1. The van der Waals surface area contributed by atoms with E-state index in [1.165, 1.54) is 18.2 Å². The van der Waals surface area contributed by atoms with Crippen LogP contribution in [0.15, 0.2) is 46.9 Å². The molecule has 0 aliphatic carbocycles. The predicted molar refractivity (Wildman–Crippen MR) is 91.5 cm³/mol. The van der Waals surface area contributed by atoms with Gasteiger partial charge in [0.2, 0.25) is 5.95 Å². The Labute approximate surface area is 152 Å². The van der Waals surface area contributed by atoms with Crippen LogP contribution < -0.4 is 11.1 Å². The van der Waals surface area contributed by atoms with Gasteiger partial charge in [0, 0.05) is 6.54 Å². The fourth-order valence-electron chi connectivity index (χ4n) is 2.41. The number of anilines is 1. The van der Waals surface area contributed by atoms with E-state index in [1.807, 2.05) is 0 Å². The molecule has 0 fully saturated rings. The van der Waals surface area contributed by atoms with E-state index in [1.54, 1.807) is 19.1 Å². The summed E-state index contributed by atoms with van der Waals surface area (Å²) in [5.74, 6) is 0.378. The number of benzene rings is 1. The molecule has 0 atom stereocenters. The number of nitrogens with one attached hydrogen (secondary N) is 1. The van der Waals surface area contributed by atoms with Crippen molar-refractivity contribution in [2.45, 2.75) is 19.6 Å². The van der Waals surface area contributed by atoms with Crippen LogP contribution in [-0.4, -0.2) is 15.9 Å². The second-order valence-electron chi connectivity index (χ2n) is 5.79. The van der Waals surface area contributed by atoms with Crippen molar-refractivity contribution in [3.8, 4) is 11.5 Å². The number of aryl methyl sites for hydroxylation is 1. The number of carbonyl (C=O) groups is 1. The zero-order chi connectivity index (χ0) is 19.6. The quantitative estimate of drug-likeness (QED) is 0.726. The first-order valence-electron chi connectivity index (χ1n) is 7.88. The number of nitrogen functional groups attached to an aromatic ring is 1. The highest BCUT2D eigenvalue weighted by Crippen LogP contribution is 2.29. The molecule has 27 heavy (non-hydrogen) atoms. The molecule has 140 valence electrons. The highest BCUT2D eigenvalue weighted by molar-refractivity contribution is 5.93. The molecule has 2 heterocycles. The van der Waals surface area contributed by atoms with Gasteiger partial charge in [0.1, 0.15) is 17.1 Å². The maximum atomic E-state index is 12.8. The van der Waals surface area contributed by atoms with Gasteiger partial charge >= 0.3 is 6.18 Å². The van der Waals surface area contributed by atoms with Gasteiger partial charge in [-0.3, -0.25) is 4.79 Å². The number of amides is 1. The zero-order valence-electron chi connectivity index (χ0n) is 14.2. The number of carbonyl (C=O) groups excluding carboxylic acids is 1. The Morgan fingerprint density at radius 1 is 1.19 bits per heavy atom. The predicted octanol–water partition coefficient (Wildman–Crippen LogP) is 3.58. The van der Waals surface area contributed by atoms with E-state index in [4.69, 9.17) is 10.2 Å². The van der Waals surface area contributed by atoms with Crippen LogP contribution in [0.4, 0.5) is 19.1 Å². The van der Waals surface area contributed by atoms with E-state index < -0.39 is 17.6 Å². The van der Waals surface area contributed by atoms with Crippen molar-refractivity contribution in [3.05, 3.63) is 65.0 Å². The molecule has 3 aromatic rings. The van der Waals surface area contributed by atoms with Crippen LogP contribution in [0.5, 0.6) is 0 Å². The third kappa shape index (κ3) is 4.43. The van der Waals surface area contributed by atoms with Crippen molar-refractivity contribution in [2.24, 2.45) is 0 Å². The fourth-order valence-corrected chi connectivity index (χ4v) is 2.41. The van der Waals surface area contributed by atoms with Gasteiger partial charge in [-0.25, -0.2) is 9.97 Å². The summed E-state index contributed by atoms with van der Waals surface area (Å²) in [6.07, 6.45) is -4.45. The lowest BCUT2D eigenvalue weighted by atomic mass is 10.1. The first-order chi connectivity index (χ1) is 12.7. The van der Waals surface area contributed by atoms with Gasteiger partial charge in [0.05, 0.1) is 5.56 Å². The van der Waals surface area contributed by atoms with E-state index in [9.17, 15) is 18.0 Å². The fraction of sp³-hybridized carbons (Fsp3) is 0.167. The summed E-state index contributed by atoms with van der Waals surface area (Å²) in [5.41, 5.74) is 5.49. The monoisotopic (exact) mass is 376 g/mol. The van der Waals surface area contributed by atoms with Gasteiger partial charge in [-0.2, -0.15) is 13.2 Å². The Bertz CT molecular complexity index is 983. The Balaban J connectivity index is 1.76. The Hall–Kier alpha value is -3.36. The summed E-state index contributed by atoms with van der Waals surface area (Å²) in [6.45, 7) is 1.67. The number of halogens is 3. The second kappa shape index (κ2) is 7.10. The third-order valence-electron chi connectivity index (χ3n) is 3.68. The van der Waals surface area contributed by atoms with Gasteiger partial charge in [-0.1, -0.05) is 12.1 Å². The van der Waals surface area contributed by atoms with Crippen LogP contribution in [-0.2, 0) is 12.7 Å². The highest BCUT2D eigenvalue weighted by atomic mass is 19.4. The number of nitrogens with two attached hydrogens (primary N) is 1. The first-order valence-corrected chi connectivity index (χ1v) is 7.88. The van der Waals surface area contributed by atoms with Crippen molar-refractivity contribution in [1.82, 2.24) is 15.3 Å². The molecule has 9 heteroatoms. The maximum Gasteiger partial charge on any atom is 0.416 e. The molecule has 0 radical (unpaired) electrons. The number of rotatable bonds is 4. The Kier molecular flexibility index (Phi) is 4.85. The highest BCUT2D eigenvalue weighted by Gasteiger charge is 2.30. The van der Waals surface area contributed by atoms with Crippen molar-refractivity contribution in [1.29, 1.82) is 0 Å². The minimum absolute atomic E-state index is 0.0153. The molecular formula is C18H15F3N4O2. The minimum atomic E-state index is -4.45. The molecule has 0 unspecified atom stereocenters. The Morgan fingerprint density at radius 3 is 2.63 bits per heavy atom. The summed E-state index contributed by atoms with van der Waals surface area (Å²) in [5, 5.41) is 2.52. The number of aromatic nitrogens is 2. The van der Waals surface area contributed by atoms with Crippen LogP contribution in [0.25, 0.3) is 11.5 Å². The summed E-state index contributed by atoms with van der Waals surface area (Å²) in [6, 6.07) is 9.53. The first kappa shape index (κ1) is 18.4. The average molecular weight is 376 g/mol. The lowest BCUT2D eigenvalue weighted by Gasteiger charge is -2.10. The molecule has 0 aliphatic heterocycles. The number of nitrogens with zero attached hydrogens (tertiary/aromatic N) is 2. The lowest BCUT2D eigenvalue weighted by Crippen LogP contribution is -2.24. The van der Waals surface area contributed by atoms with Crippen molar-refractivity contribution < 1.29 is 22.4 Å². The molecule has 0 saturated carbocycles. The maximum absolute atomic E-state index is 12.8. The third-order valence-corrected chi connectivity index (χ3v) is 3.68. The summed E-state index contributed by atoms with van der Waals surface area (Å²) >= 11 is 0. The van der Waals surface area contributed by atoms with Gasteiger partial charge in [0.15, 0.2) is 5.76 Å². The van der Waals surface area contributed by atoms with Crippen molar-refractivity contribution in [3.63, 3.8) is 0 Å². The zero-order valence-corrected chi connectivity index (χ0v) is 14.2. The lowest BCUT2D eigenvalue weighted by molar-refractivity contribution is -0.137. The van der Waals surface area contributed by atoms with Crippen LogP contribution in [0.1, 0.15) is 27.4 Å². The summed E-state index contributed by atoms with van der Waals surface area (Å²) in [7, 11) is 0. The molecular weight excluding hydrogens is 361 g/mol. The molecule has 0 spiro atoms. The molecule has 6 nitrogen and oxygen atoms in total. The molecule has 0 bridgehead atoms.